The number of nitrogens with two attached hydrogens (primary N) is 1. The predicted octanol–water partition coefficient (Wildman–Crippen LogP) is 3.45. The van der Waals surface area contributed by atoms with Gasteiger partial charge in [-0.25, -0.2) is 0 Å². The van der Waals surface area contributed by atoms with Gasteiger partial charge in [0.15, 0.2) is 11.5 Å². The number of ether oxygens (including phenoxy) is 2. The molecule has 1 heterocycles. The fraction of sp³-hybridized carbons (Fsp3) is 0.333. The number of hydrogen-bond acceptors (Lipinski definition) is 3. The summed E-state index contributed by atoms with van der Waals surface area (Å²) in [4.78, 5) is 0. The second-order valence-corrected chi connectivity index (χ2v) is 5.77. The maximum Gasteiger partial charge on any atom is 0.161 e. The van der Waals surface area contributed by atoms with Crippen LogP contribution in [0.3, 0.4) is 0 Å². The van der Waals surface area contributed by atoms with Crippen molar-refractivity contribution in [1.29, 1.82) is 0 Å². The summed E-state index contributed by atoms with van der Waals surface area (Å²) in [6, 6.07) is 14.0. The number of aryl methyl sites for hydroxylation is 1. The lowest BCUT2D eigenvalue weighted by molar-refractivity contribution is 0.228. The first-order valence-corrected chi connectivity index (χ1v) is 7.36. The number of benzene rings is 2. The third-order valence-corrected chi connectivity index (χ3v) is 3.90. The quantitative estimate of drug-likeness (QED) is 0.918. The lowest BCUT2D eigenvalue weighted by atomic mass is 9.95. The van der Waals surface area contributed by atoms with Crippen LogP contribution in [-0.2, 0) is 0 Å². The number of rotatable bonds is 2. The summed E-state index contributed by atoms with van der Waals surface area (Å²) in [6.07, 6.45) is 0. The van der Waals surface area contributed by atoms with Crippen LogP contribution in [0.5, 0.6) is 11.5 Å². The average molecular weight is 283 g/mol. The average Bonchev–Trinajstić information content (AvgIpc) is 2.69. The van der Waals surface area contributed by atoms with Gasteiger partial charge in [0.05, 0.1) is 19.3 Å². The molecule has 2 aromatic carbocycles. The van der Waals surface area contributed by atoms with Crippen molar-refractivity contribution in [3.05, 3.63) is 59.2 Å². The smallest absolute Gasteiger partial charge is 0.161 e. The third-order valence-electron chi connectivity index (χ3n) is 3.90. The fourth-order valence-electron chi connectivity index (χ4n) is 2.58. The van der Waals surface area contributed by atoms with Crippen molar-refractivity contribution in [2.75, 3.05) is 13.2 Å². The van der Waals surface area contributed by atoms with E-state index in [4.69, 9.17) is 15.2 Å². The molecule has 0 saturated carbocycles. The van der Waals surface area contributed by atoms with E-state index < -0.39 is 0 Å². The van der Waals surface area contributed by atoms with Gasteiger partial charge in [0.1, 0.15) is 0 Å². The Hall–Kier alpha value is -2.00. The third kappa shape index (κ3) is 2.88. The minimum Gasteiger partial charge on any atom is -0.489 e. The van der Waals surface area contributed by atoms with E-state index in [1.54, 1.807) is 0 Å². The molecule has 3 rings (SSSR count). The summed E-state index contributed by atoms with van der Waals surface area (Å²) >= 11 is 0. The van der Waals surface area contributed by atoms with Gasteiger partial charge >= 0.3 is 0 Å². The molecule has 2 unspecified atom stereocenters. The van der Waals surface area contributed by atoms with Crippen molar-refractivity contribution < 1.29 is 9.47 Å². The van der Waals surface area contributed by atoms with Gasteiger partial charge in [-0.1, -0.05) is 37.3 Å². The molecule has 2 aromatic rings. The molecule has 0 radical (unpaired) electrons. The van der Waals surface area contributed by atoms with E-state index in [-0.39, 0.29) is 6.04 Å². The summed E-state index contributed by atoms with van der Waals surface area (Å²) < 4.78 is 11.6. The summed E-state index contributed by atoms with van der Waals surface area (Å²) in [5.41, 5.74) is 9.80. The highest BCUT2D eigenvalue weighted by Gasteiger charge is 2.18. The van der Waals surface area contributed by atoms with Crippen LogP contribution in [0.4, 0.5) is 0 Å². The lowest BCUT2D eigenvalue weighted by Gasteiger charge is -2.17. The maximum absolute atomic E-state index is 6.42. The van der Waals surface area contributed by atoms with Gasteiger partial charge < -0.3 is 15.2 Å². The van der Waals surface area contributed by atoms with Crippen molar-refractivity contribution in [3.8, 4) is 11.5 Å². The van der Waals surface area contributed by atoms with E-state index in [1.165, 1.54) is 5.56 Å². The second kappa shape index (κ2) is 5.78. The van der Waals surface area contributed by atoms with Crippen molar-refractivity contribution in [1.82, 2.24) is 0 Å². The van der Waals surface area contributed by atoms with Gasteiger partial charge in [-0.2, -0.15) is 0 Å². The van der Waals surface area contributed by atoms with E-state index in [1.807, 2.05) is 30.3 Å². The largest absolute Gasteiger partial charge is 0.489 e. The zero-order valence-corrected chi connectivity index (χ0v) is 12.5. The molecule has 21 heavy (non-hydrogen) atoms. The van der Waals surface area contributed by atoms with Crippen molar-refractivity contribution in [2.24, 2.45) is 11.7 Å². The molecule has 0 saturated heterocycles. The van der Waals surface area contributed by atoms with Crippen molar-refractivity contribution in [2.45, 2.75) is 19.9 Å². The maximum atomic E-state index is 6.42. The molecule has 110 valence electrons. The Labute approximate surface area is 125 Å². The monoisotopic (exact) mass is 283 g/mol. The van der Waals surface area contributed by atoms with Crippen LogP contribution in [0.15, 0.2) is 42.5 Å². The molecule has 2 N–H and O–H groups in total. The summed E-state index contributed by atoms with van der Waals surface area (Å²) in [7, 11) is 0. The molecule has 3 heteroatoms. The first-order valence-electron chi connectivity index (χ1n) is 7.36. The lowest BCUT2D eigenvalue weighted by Crippen LogP contribution is -2.13. The van der Waals surface area contributed by atoms with E-state index in [0.29, 0.717) is 19.1 Å². The van der Waals surface area contributed by atoms with Crippen LogP contribution in [0.1, 0.15) is 29.7 Å². The molecule has 1 aliphatic heterocycles. The SMILES string of the molecule is Cc1ccccc1C(N)c1ccc2c(c1)OCC(C)CO2. The molecule has 0 aliphatic carbocycles. The summed E-state index contributed by atoms with van der Waals surface area (Å²) in [5, 5.41) is 0. The van der Waals surface area contributed by atoms with Crippen LogP contribution in [0.25, 0.3) is 0 Å². The predicted molar refractivity (Wildman–Crippen MR) is 83.8 cm³/mol. The molecule has 0 spiro atoms. The van der Waals surface area contributed by atoms with Crippen LogP contribution in [-0.4, -0.2) is 13.2 Å². The molecule has 0 amide bonds. The molecule has 1 aliphatic rings. The van der Waals surface area contributed by atoms with E-state index in [0.717, 1.165) is 22.6 Å². The highest BCUT2D eigenvalue weighted by Crippen LogP contribution is 2.34. The highest BCUT2D eigenvalue weighted by atomic mass is 16.5. The zero-order valence-electron chi connectivity index (χ0n) is 12.5. The second-order valence-electron chi connectivity index (χ2n) is 5.77. The Morgan fingerprint density at radius 2 is 1.76 bits per heavy atom. The van der Waals surface area contributed by atoms with E-state index >= 15 is 0 Å². The molecule has 0 aromatic heterocycles. The van der Waals surface area contributed by atoms with Crippen molar-refractivity contribution >= 4 is 0 Å². The molecular formula is C18H21NO2. The molecule has 0 fully saturated rings. The Bertz CT molecular complexity index is 639. The van der Waals surface area contributed by atoms with Gasteiger partial charge in [-0.05, 0) is 35.7 Å². The number of fused-ring (bicyclic) bond motifs is 1. The Kier molecular flexibility index (Phi) is 3.84. The standard InChI is InChI=1S/C18H21NO2/c1-12-10-20-16-8-7-14(9-17(16)21-11-12)18(19)15-6-4-3-5-13(15)2/h3-9,12,18H,10-11,19H2,1-2H3. The van der Waals surface area contributed by atoms with Gasteiger partial charge in [0, 0.05) is 5.92 Å². The van der Waals surface area contributed by atoms with Crippen LogP contribution >= 0.6 is 0 Å². The Morgan fingerprint density at radius 1 is 1.05 bits per heavy atom. The van der Waals surface area contributed by atoms with Gasteiger partial charge in [-0.3, -0.25) is 0 Å². The van der Waals surface area contributed by atoms with Gasteiger partial charge in [-0.15, -0.1) is 0 Å². The van der Waals surface area contributed by atoms with Gasteiger partial charge in [0.25, 0.3) is 0 Å². The van der Waals surface area contributed by atoms with Crippen molar-refractivity contribution in [3.63, 3.8) is 0 Å². The highest BCUT2D eigenvalue weighted by molar-refractivity contribution is 5.47. The van der Waals surface area contributed by atoms with Crippen LogP contribution < -0.4 is 15.2 Å². The molecule has 0 bridgehead atoms. The normalized spacial score (nSPS) is 18.9. The first kappa shape index (κ1) is 14.0. The van der Waals surface area contributed by atoms with Gasteiger partial charge in [0.2, 0.25) is 0 Å². The van der Waals surface area contributed by atoms with E-state index in [9.17, 15) is 0 Å². The zero-order chi connectivity index (χ0) is 14.8. The fourth-order valence-corrected chi connectivity index (χ4v) is 2.58. The van der Waals surface area contributed by atoms with E-state index in [2.05, 4.69) is 26.0 Å². The summed E-state index contributed by atoms with van der Waals surface area (Å²) in [6.45, 7) is 5.57. The van der Waals surface area contributed by atoms with Crippen LogP contribution in [0.2, 0.25) is 0 Å². The first-order chi connectivity index (χ1) is 10.1. The minimum absolute atomic E-state index is 0.152. The molecular weight excluding hydrogens is 262 g/mol. The minimum atomic E-state index is -0.152. The van der Waals surface area contributed by atoms with Crippen LogP contribution in [0, 0.1) is 12.8 Å². The topological polar surface area (TPSA) is 44.5 Å². The molecule has 3 nitrogen and oxygen atoms in total. The molecule has 2 atom stereocenters. The summed E-state index contributed by atoms with van der Waals surface area (Å²) in [5.74, 6) is 1.99. The Balaban J connectivity index is 1.92. The number of hydrogen-bond donors (Lipinski definition) is 1. The Morgan fingerprint density at radius 3 is 2.52 bits per heavy atom.